The molecular weight excluding hydrogens is 364 g/mol. The van der Waals surface area contributed by atoms with Gasteiger partial charge in [0.25, 0.3) is 0 Å². The Labute approximate surface area is 173 Å². The molecule has 4 rings (SSSR count). The van der Waals surface area contributed by atoms with Crippen molar-refractivity contribution >= 4 is 5.91 Å². The van der Waals surface area contributed by atoms with Crippen LogP contribution in [0.3, 0.4) is 0 Å². The molecule has 156 valence electrons. The van der Waals surface area contributed by atoms with Crippen molar-refractivity contribution in [3.8, 4) is 11.4 Å². The Morgan fingerprint density at radius 1 is 1.03 bits per heavy atom. The lowest BCUT2D eigenvalue weighted by molar-refractivity contribution is -0.918. The minimum Gasteiger partial charge on any atom is -0.336 e. The fourth-order valence-electron chi connectivity index (χ4n) is 4.83. The fraction of sp³-hybridized carbons (Fsp3) is 0.636. The maximum absolute atomic E-state index is 12.8. The molecule has 7 nitrogen and oxygen atoms in total. The number of carbonyl (C=O) groups is 1. The van der Waals surface area contributed by atoms with E-state index in [0.717, 1.165) is 24.9 Å². The van der Waals surface area contributed by atoms with E-state index >= 15 is 0 Å². The first-order chi connectivity index (χ1) is 14.1. The van der Waals surface area contributed by atoms with Gasteiger partial charge in [0.2, 0.25) is 11.7 Å². The summed E-state index contributed by atoms with van der Waals surface area (Å²) >= 11 is 0. The summed E-state index contributed by atoms with van der Waals surface area (Å²) in [5, 5.41) is 12.7. The normalized spacial score (nSPS) is 23.3. The molecule has 2 fully saturated rings. The molecule has 1 N–H and O–H groups in total. The molecular formula is C22H33N6O+. The van der Waals surface area contributed by atoms with Gasteiger partial charge in [0.1, 0.15) is 13.1 Å². The maximum atomic E-state index is 12.8. The van der Waals surface area contributed by atoms with Crippen LogP contribution in [0.5, 0.6) is 0 Å². The molecule has 1 aromatic carbocycles. The largest absolute Gasteiger partial charge is 0.336 e. The van der Waals surface area contributed by atoms with Crippen molar-refractivity contribution in [1.29, 1.82) is 0 Å². The molecule has 0 bridgehead atoms. The summed E-state index contributed by atoms with van der Waals surface area (Å²) in [5.74, 6) is 0.655. The highest BCUT2D eigenvalue weighted by molar-refractivity contribution is 5.76. The van der Waals surface area contributed by atoms with Gasteiger partial charge in [0.05, 0.1) is 13.1 Å². The van der Waals surface area contributed by atoms with E-state index in [-0.39, 0.29) is 24.5 Å². The lowest BCUT2D eigenvalue weighted by Gasteiger charge is -2.38. The second-order valence-corrected chi connectivity index (χ2v) is 8.76. The van der Waals surface area contributed by atoms with Crippen LogP contribution in [0.2, 0.25) is 0 Å². The Morgan fingerprint density at radius 2 is 1.72 bits per heavy atom. The van der Waals surface area contributed by atoms with E-state index < -0.39 is 0 Å². The highest BCUT2D eigenvalue weighted by Gasteiger charge is 2.29. The third-order valence-electron chi connectivity index (χ3n) is 6.44. The van der Waals surface area contributed by atoms with Crippen LogP contribution >= 0.6 is 0 Å². The molecule has 0 aliphatic carbocycles. The molecule has 2 aromatic rings. The van der Waals surface area contributed by atoms with Crippen molar-refractivity contribution in [3.63, 3.8) is 0 Å². The average Bonchev–Trinajstić information content (AvgIpc) is 3.17. The van der Waals surface area contributed by atoms with E-state index in [2.05, 4.69) is 53.5 Å². The van der Waals surface area contributed by atoms with Crippen molar-refractivity contribution in [2.75, 3.05) is 13.1 Å². The summed E-state index contributed by atoms with van der Waals surface area (Å²) in [6, 6.07) is 9.03. The zero-order chi connectivity index (χ0) is 20.2. The number of hydrogen-bond acceptors (Lipinski definition) is 4. The molecule has 0 unspecified atom stereocenters. The summed E-state index contributed by atoms with van der Waals surface area (Å²) in [4.78, 5) is 17.9. The molecule has 2 atom stereocenters. The number of benzene rings is 1. The number of hydrogen-bond donors (Lipinski definition) is 1. The third-order valence-corrected chi connectivity index (χ3v) is 6.44. The standard InChI is InChI=1S/C22H32N6O/c1-17-7-6-8-18(2)28(17)21(29)16-27-24-22(23-25-27)20-11-9-19(10-12-20)15-26-13-4-3-5-14-26/h9-12,17-18H,3-8,13-16H2,1-2H3/p+1/t17-,18-/m1/s1. The number of nitrogens with zero attached hydrogens (tertiary/aromatic N) is 5. The Bertz CT molecular complexity index is 801. The topological polar surface area (TPSA) is 68.3 Å². The zero-order valence-electron chi connectivity index (χ0n) is 17.7. The van der Waals surface area contributed by atoms with Gasteiger partial charge in [-0.2, -0.15) is 4.80 Å². The third kappa shape index (κ3) is 4.83. The molecule has 29 heavy (non-hydrogen) atoms. The second-order valence-electron chi connectivity index (χ2n) is 8.76. The van der Waals surface area contributed by atoms with Gasteiger partial charge < -0.3 is 9.80 Å². The number of aromatic nitrogens is 4. The molecule has 7 heteroatoms. The first-order valence-corrected chi connectivity index (χ1v) is 11.1. The van der Waals surface area contributed by atoms with Crippen LogP contribution in [0.25, 0.3) is 11.4 Å². The van der Waals surface area contributed by atoms with Crippen LogP contribution < -0.4 is 4.90 Å². The Balaban J connectivity index is 1.37. The molecule has 2 saturated heterocycles. The number of amides is 1. The van der Waals surface area contributed by atoms with Gasteiger partial charge in [0.15, 0.2) is 0 Å². The van der Waals surface area contributed by atoms with Crippen molar-refractivity contribution in [2.45, 2.75) is 77.5 Å². The highest BCUT2D eigenvalue weighted by atomic mass is 16.2. The van der Waals surface area contributed by atoms with E-state index in [0.29, 0.717) is 5.82 Å². The number of piperidine rings is 2. The summed E-state index contributed by atoms with van der Waals surface area (Å²) in [5.41, 5.74) is 2.29. The van der Waals surface area contributed by atoms with Crippen molar-refractivity contribution in [3.05, 3.63) is 29.8 Å². The molecule has 2 aliphatic rings. The van der Waals surface area contributed by atoms with Gasteiger partial charge in [0, 0.05) is 23.2 Å². The molecule has 0 radical (unpaired) electrons. The number of quaternary nitrogens is 1. The summed E-state index contributed by atoms with van der Waals surface area (Å²) in [6.45, 7) is 8.04. The average molecular weight is 398 g/mol. The van der Waals surface area contributed by atoms with Gasteiger partial charge in [-0.25, -0.2) is 0 Å². The van der Waals surface area contributed by atoms with E-state index in [4.69, 9.17) is 0 Å². The molecule has 1 aromatic heterocycles. The Kier molecular flexibility index (Phi) is 6.23. The quantitative estimate of drug-likeness (QED) is 0.834. The van der Waals surface area contributed by atoms with E-state index in [9.17, 15) is 4.79 Å². The van der Waals surface area contributed by atoms with E-state index in [1.165, 1.54) is 49.1 Å². The predicted octanol–water partition coefficient (Wildman–Crippen LogP) is 1.70. The molecule has 3 heterocycles. The van der Waals surface area contributed by atoms with Gasteiger partial charge in [-0.3, -0.25) is 4.79 Å². The second kappa shape index (κ2) is 9.03. The molecule has 1 amide bonds. The smallest absolute Gasteiger partial charge is 0.246 e. The lowest BCUT2D eigenvalue weighted by atomic mass is 9.97. The van der Waals surface area contributed by atoms with E-state index in [1.807, 2.05) is 4.90 Å². The number of tetrazole rings is 1. The first kappa shape index (κ1) is 20.0. The number of rotatable bonds is 5. The zero-order valence-corrected chi connectivity index (χ0v) is 17.7. The molecule has 0 spiro atoms. The van der Waals surface area contributed by atoms with Crippen molar-refractivity contribution < 1.29 is 9.69 Å². The van der Waals surface area contributed by atoms with Crippen LogP contribution in [0.1, 0.15) is 57.9 Å². The maximum Gasteiger partial charge on any atom is 0.246 e. The highest BCUT2D eigenvalue weighted by Crippen LogP contribution is 2.23. The summed E-state index contributed by atoms with van der Waals surface area (Å²) in [6.07, 6.45) is 7.38. The van der Waals surface area contributed by atoms with Gasteiger partial charge in [-0.1, -0.05) is 24.3 Å². The Hall–Kier alpha value is -2.28. The lowest BCUT2D eigenvalue weighted by Crippen LogP contribution is -3.11. The SMILES string of the molecule is C[C@@H]1CCC[C@@H](C)N1C(=O)Cn1nnc(-c2ccc(C[NH+]3CCCCC3)cc2)n1. The monoisotopic (exact) mass is 397 g/mol. The van der Waals surface area contributed by atoms with Crippen LogP contribution in [0, 0.1) is 0 Å². The van der Waals surface area contributed by atoms with Crippen LogP contribution in [0.15, 0.2) is 24.3 Å². The fourth-order valence-corrected chi connectivity index (χ4v) is 4.83. The van der Waals surface area contributed by atoms with Crippen LogP contribution in [-0.2, 0) is 17.9 Å². The molecule has 0 saturated carbocycles. The molecule has 2 aliphatic heterocycles. The minimum atomic E-state index is 0.0773. The first-order valence-electron chi connectivity index (χ1n) is 11.1. The summed E-state index contributed by atoms with van der Waals surface area (Å²) < 4.78 is 0. The number of likely N-dealkylation sites (tertiary alicyclic amines) is 2. The summed E-state index contributed by atoms with van der Waals surface area (Å²) in [7, 11) is 0. The predicted molar refractivity (Wildman–Crippen MR) is 111 cm³/mol. The van der Waals surface area contributed by atoms with Gasteiger partial charge in [-0.05, 0) is 57.6 Å². The van der Waals surface area contributed by atoms with E-state index in [1.54, 1.807) is 4.90 Å². The van der Waals surface area contributed by atoms with Gasteiger partial charge >= 0.3 is 0 Å². The van der Waals surface area contributed by atoms with Crippen molar-refractivity contribution in [1.82, 2.24) is 25.1 Å². The Morgan fingerprint density at radius 3 is 2.41 bits per heavy atom. The van der Waals surface area contributed by atoms with Gasteiger partial charge in [-0.15, -0.1) is 10.2 Å². The minimum absolute atomic E-state index is 0.0773. The number of carbonyl (C=O) groups excluding carboxylic acids is 1. The van der Waals surface area contributed by atoms with Crippen LogP contribution in [-0.4, -0.2) is 56.2 Å². The van der Waals surface area contributed by atoms with Crippen molar-refractivity contribution in [2.24, 2.45) is 0 Å². The van der Waals surface area contributed by atoms with Crippen LogP contribution in [0.4, 0.5) is 0 Å². The number of nitrogens with one attached hydrogen (secondary N) is 1.